The number of hydrogen-bond acceptors (Lipinski definition) is 5. The summed E-state index contributed by atoms with van der Waals surface area (Å²) in [5.74, 6) is 0.315. The lowest BCUT2D eigenvalue weighted by molar-refractivity contribution is -0.128. The Morgan fingerprint density at radius 1 is 0.871 bits per heavy atom. The molecule has 3 aromatic carbocycles. The molecular formula is C24H26N2O5. The molecule has 3 rings (SSSR count). The first-order chi connectivity index (χ1) is 15.1. The van der Waals surface area contributed by atoms with E-state index in [4.69, 9.17) is 14.2 Å². The lowest BCUT2D eigenvalue weighted by Crippen LogP contribution is -2.47. The summed E-state index contributed by atoms with van der Waals surface area (Å²) in [4.78, 5) is 24.5. The van der Waals surface area contributed by atoms with Crippen LogP contribution >= 0.6 is 0 Å². The van der Waals surface area contributed by atoms with E-state index < -0.39 is 17.9 Å². The number of fused-ring (bicyclic) bond motifs is 1. The number of hydrazine groups is 1. The third-order valence-corrected chi connectivity index (χ3v) is 4.52. The third kappa shape index (κ3) is 6.45. The van der Waals surface area contributed by atoms with Crippen molar-refractivity contribution in [1.82, 2.24) is 10.9 Å². The van der Waals surface area contributed by atoms with Gasteiger partial charge in [-0.1, -0.05) is 30.3 Å². The Morgan fingerprint density at radius 2 is 1.58 bits per heavy atom. The van der Waals surface area contributed by atoms with Crippen LogP contribution in [0, 0.1) is 0 Å². The van der Waals surface area contributed by atoms with Crippen molar-refractivity contribution >= 4 is 22.6 Å². The maximum absolute atomic E-state index is 12.3. The number of rotatable bonds is 9. The van der Waals surface area contributed by atoms with E-state index in [1.165, 1.54) is 0 Å². The lowest BCUT2D eigenvalue weighted by Gasteiger charge is -2.15. The molecule has 1 atom stereocenters. The summed E-state index contributed by atoms with van der Waals surface area (Å²) >= 11 is 0. The van der Waals surface area contributed by atoms with Crippen LogP contribution < -0.4 is 20.3 Å². The Labute approximate surface area is 181 Å². The summed E-state index contributed by atoms with van der Waals surface area (Å²) < 4.78 is 16.4. The van der Waals surface area contributed by atoms with Crippen LogP contribution in [0.3, 0.4) is 0 Å². The molecule has 2 N–H and O–H groups in total. The summed E-state index contributed by atoms with van der Waals surface area (Å²) in [6.07, 6.45) is -0.789. The monoisotopic (exact) mass is 422 g/mol. The highest BCUT2D eigenvalue weighted by molar-refractivity contribution is 5.95. The summed E-state index contributed by atoms with van der Waals surface area (Å²) in [6, 6.07) is 20.1. The highest BCUT2D eigenvalue weighted by Crippen LogP contribution is 2.21. The Balaban J connectivity index is 1.47. The lowest BCUT2D eigenvalue weighted by atomic mass is 10.1. The van der Waals surface area contributed by atoms with Gasteiger partial charge >= 0.3 is 0 Å². The highest BCUT2D eigenvalue weighted by Gasteiger charge is 2.16. The van der Waals surface area contributed by atoms with E-state index in [0.717, 1.165) is 10.8 Å². The van der Waals surface area contributed by atoms with E-state index in [1.807, 2.05) is 49.4 Å². The zero-order valence-electron chi connectivity index (χ0n) is 17.6. The maximum atomic E-state index is 12.3. The molecule has 0 aliphatic heterocycles. The molecule has 0 spiro atoms. The third-order valence-electron chi connectivity index (χ3n) is 4.52. The second kappa shape index (κ2) is 11.0. The fraction of sp³-hybridized carbons (Fsp3) is 0.250. The van der Waals surface area contributed by atoms with Crippen molar-refractivity contribution in [2.24, 2.45) is 0 Å². The molecule has 2 amide bonds. The van der Waals surface area contributed by atoms with Crippen molar-refractivity contribution in [2.45, 2.75) is 20.0 Å². The van der Waals surface area contributed by atoms with E-state index in [-0.39, 0.29) is 0 Å². The molecule has 0 bridgehead atoms. The summed E-state index contributed by atoms with van der Waals surface area (Å²) in [6.45, 7) is 5.11. The summed E-state index contributed by atoms with van der Waals surface area (Å²) in [5.41, 5.74) is 5.17. The smallest absolute Gasteiger partial charge is 0.279 e. The van der Waals surface area contributed by atoms with Crippen LogP contribution in [0.25, 0.3) is 10.8 Å². The van der Waals surface area contributed by atoms with E-state index in [1.54, 1.807) is 31.2 Å². The van der Waals surface area contributed by atoms with Crippen LogP contribution in [0.2, 0.25) is 0 Å². The average molecular weight is 422 g/mol. The number of hydrogen-bond donors (Lipinski definition) is 2. The first-order valence-electron chi connectivity index (χ1n) is 10.1. The van der Waals surface area contributed by atoms with E-state index in [9.17, 15) is 9.59 Å². The zero-order chi connectivity index (χ0) is 22.1. The van der Waals surface area contributed by atoms with Crippen molar-refractivity contribution in [1.29, 1.82) is 0 Å². The van der Waals surface area contributed by atoms with Crippen molar-refractivity contribution < 1.29 is 23.8 Å². The molecule has 0 radical (unpaired) electrons. The number of carbonyl (C=O) groups excluding carboxylic acids is 2. The average Bonchev–Trinajstić information content (AvgIpc) is 2.80. The molecule has 7 nitrogen and oxygen atoms in total. The predicted octanol–water partition coefficient (Wildman–Crippen LogP) is 3.48. The Bertz CT molecular complexity index is 1020. The molecule has 0 aromatic heterocycles. The minimum absolute atomic E-state index is 0.389. The van der Waals surface area contributed by atoms with Gasteiger partial charge in [-0.2, -0.15) is 0 Å². The second-order valence-corrected chi connectivity index (χ2v) is 6.78. The van der Waals surface area contributed by atoms with Crippen LogP contribution in [0.1, 0.15) is 24.2 Å². The van der Waals surface area contributed by atoms with Crippen LogP contribution in [-0.4, -0.2) is 37.7 Å². The largest absolute Gasteiger partial charge is 0.491 e. The molecule has 0 aliphatic rings. The number of benzene rings is 3. The van der Waals surface area contributed by atoms with Gasteiger partial charge in [0.2, 0.25) is 0 Å². The second-order valence-electron chi connectivity index (χ2n) is 6.78. The van der Waals surface area contributed by atoms with Gasteiger partial charge in [-0.15, -0.1) is 0 Å². The van der Waals surface area contributed by atoms with Crippen molar-refractivity contribution in [3.8, 4) is 11.5 Å². The summed E-state index contributed by atoms with van der Waals surface area (Å²) in [7, 11) is 0. The number of nitrogens with one attached hydrogen (secondary N) is 2. The zero-order valence-corrected chi connectivity index (χ0v) is 17.6. The standard InChI is InChI=1S/C24H26N2O5/c1-3-29-14-15-30-21-11-9-19(10-12-21)24(28)26-25-23(27)17(2)31-22-13-8-18-6-4-5-7-20(18)16-22/h4-13,16-17H,3,14-15H2,1-2H3,(H,25,27)(H,26,28). The van der Waals surface area contributed by atoms with Gasteiger partial charge in [0.15, 0.2) is 6.10 Å². The number of carbonyl (C=O) groups is 2. The topological polar surface area (TPSA) is 85.9 Å². The minimum atomic E-state index is -0.789. The quantitative estimate of drug-likeness (QED) is 0.407. The fourth-order valence-electron chi connectivity index (χ4n) is 2.86. The van der Waals surface area contributed by atoms with Crippen LogP contribution in [-0.2, 0) is 9.53 Å². The normalized spacial score (nSPS) is 11.5. The SMILES string of the molecule is CCOCCOc1ccc(C(=O)NNC(=O)C(C)Oc2ccc3ccccc3c2)cc1. The highest BCUT2D eigenvalue weighted by atomic mass is 16.5. The van der Waals surface area contributed by atoms with E-state index >= 15 is 0 Å². The fourth-order valence-corrected chi connectivity index (χ4v) is 2.86. The van der Waals surface area contributed by atoms with Crippen LogP contribution in [0.5, 0.6) is 11.5 Å². The van der Waals surface area contributed by atoms with Gasteiger partial charge in [-0.3, -0.25) is 20.4 Å². The summed E-state index contributed by atoms with van der Waals surface area (Å²) in [5, 5.41) is 2.11. The first-order valence-corrected chi connectivity index (χ1v) is 10.1. The molecule has 31 heavy (non-hydrogen) atoms. The number of ether oxygens (including phenoxy) is 3. The van der Waals surface area contributed by atoms with E-state index in [2.05, 4.69) is 10.9 Å². The van der Waals surface area contributed by atoms with Gasteiger partial charge in [-0.25, -0.2) is 0 Å². The molecule has 0 heterocycles. The maximum Gasteiger partial charge on any atom is 0.279 e. The molecule has 0 aliphatic carbocycles. The van der Waals surface area contributed by atoms with Crippen molar-refractivity contribution in [3.05, 3.63) is 72.3 Å². The van der Waals surface area contributed by atoms with Crippen molar-refractivity contribution in [3.63, 3.8) is 0 Å². The molecule has 7 heteroatoms. The van der Waals surface area contributed by atoms with Crippen LogP contribution in [0.4, 0.5) is 0 Å². The molecule has 0 fully saturated rings. The van der Waals surface area contributed by atoms with Gasteiger partial charge in [0.25, 0.3) is 11.8 Å². The van der Waals surface area contributed by atoms with Gasteiger partial charge in [0, 0.05) is 12.2 Å². The van der Waals surface area contributed by atoms with Crippen LogP contribution in [0.15, 0.2) is 66.7 Å². The Kier molecular flexibility index (Phi) is 7.84. The number of amides is 2. The first kappa shape index (κ1) is 22.1. The van der Waals surface area contributed by atoms with Gasteiger partial charge in [0.05, 0.1) is 6.61 Å². The Morgan fingerprint density at radius 3 is 2.32 bits per heavy atom. The molecule has 0 saturated carbocycles. The predicted molar refractivity (Wildman–Crippen MR) is 118 cm³/mol. The van der Waals surface area contributed by atoms with E-state index in [0.29, 0.717) is 36.9 Å². The molecule has 162 valence electrons. The van der Waals surface area contributed by atoms with Crippen molar-refractivity contribution in [2.75, 3.05) is 19.8 Å². The molecule has 1 unspecified atom stereocenters. The Hall–Kier alpha value is -3.58. The minimum Gasteiger partial charge on any atom is -0.491 e. The molecule has 3 aromatic rings. The molecule has 0 saturated heterocycles. The van der Waals surface area contributed by atoms with Gasteiger partial charge in [-0.05, 0) is 61.0 Å². The van der Waals surface area contributed by atoms with Gasteiger partial charge < -0.3 is 14.2 Å². The van der Waals surface area contributed by atoms with Gasteiger partial charge in [0.1, 0.15) is 18.1 Å². The molecular weight excluding hydrogens is 396 g/mol.